The van der Waals surface area contributed by atoms with E-state index in [0.29, 0.717) is 10.9 Å². The van der Waals surface area contributed by atoms with Gasteiger partial charge in [-0.3, -0.25) is 9.79 Å². The van der Waals surface area contributed by atoms with Crippen molar-refractivity contribution in [1.82, 2.24) is 15.5 Å². The molecule has 0 aromatic carbocycles. The highest BCUT2D eigenvalue weighted by Gasteiger charge is 2.35. The summed E-state index contributed by atoms with van der Waals surface area (Å²) in [5, 5.41) is 5.91. The highest BCUT2D eigenvalue weighted by molar-refractivity contribution is 5.86. The average molecular weight is 322 g/mol. The lowest BCUT2D eigenvalue weighted by Crippen LogP contribution is -2.49. The second-order valence-electron chi connectivity index (χ2n) is 5.85. The van der Waals surface area contributed by atoms with Crippen LogP contribution in [0, 0.1) is 5.41 Å². The molecular weight excluding hydrogens is 297 g/mol. The molecule has 1 aliphatic carbocycles. The first kappa shape index (κ1) is 18.6. The van der Waals surface area contributed by atoms with Crippen LogP contribution >= 0.6 is 0 Å². The quantitative estimate of drug-likeness (QED) is 0.579. The molecule has 1 amide bonds. The number of halogens is 3. The molecule has 0 bridgehead atoms. The molecule has 0 spiro atoms. The molecule has 0 aliphatic heterocycles. The molecule has 0 unspecified atom stereocenters. The Morgan fingerprint density at radius 1 is 1.32 bits per heavy atom. The van der Waals surface area contributed by atoms with E-state index >= 15 is 0 Å². The molecule has 1 aliphatic rings. The third kappa shape index (κ3) is 5.73. The first-order valence-electron chi connectivity index (χ1n) is 7.46. The fourth-order valence-corrected chi connectivity index (χ4v) is 2.48. The van der Waals surface area contributed by atoms with Crippen LogP contribution in [0.2, 0.25) is 0 Å². The number of rotatable bonds is 6. The Kier molecular flexibility index (Phi) is 6.49. The molecule has 0 radical (unpaired) electrons. The Morgan fingerprint density at radius 3 is 2.36 bits per heavy atom. The van der Waals surface area contributed by atoms with Crippen LogP contribution in [0.4, 0.5) is 13.2 Å². The van der Waals surface area contributed by atoms with E-state index in [1.807, 2.05) is 0 Å². The van der Waals surface area contributed by atoms with Gasteiger partial charge in [-0.05, 0) is 24.7 Å². The maximum absolute atomic E-state index is 12.2. The summed E-state index contributed by atoms with van der Waals surface area (Å²) < 4.78 is 36.7. The van der Waals surface area contributed by atoms with Crippen LogP contribution in [-0.2, 0) is 4.79 Å². The van der Waals surface area contributed by atoms with Gasteiger partial charge in [-0.15, -0.1) is 0 Å². The second kappa shape index (κ2) is 7.69. The molecule has 0 atom stereocenters. The molecule has 2 N–H and O–H groups in total. The zero-order valence-corrected chi connectivity index (χ0v) is 13.4. The van der Waals surface area contributed by atoms with Crippen molar-refractivity contribution in [2.75, 3.05) is 33.7 Å². The monoisotopic (exact) mass is 322 g/mol. The highest BCUT2D eigenvalue weighted by Crippen LogP contribution is 2.42. The van der Waals surface area contributed by atoms with Crippen molar-refractivity contribution in [3.8, 4) is 0 Å². The highest BCUT2D eigenvalue weighted by atomic mass is 19.4. The fourth-order valence-electron chi connectivity index (χ4n) is 2.48. The van der Waals surface area contributed by atoms with E-state index < -0.39 is 18.6 Å². The summed E-state index contributed by atoms with van der Waals surface area (Å²) >= 11 is 0. The minimum Gasteiger partial charge on any atom is -0.356 e. The molecule has 0 heterocycles. The lowest BCUT2D eigenvalue weighted by molar-refractivity contribution is -0.157. The predicted octanol–water partition coefficient (Wildman–Crippen LogP) is 1.75. The minimum atomic E-state index is -4.39. The molecule has 1 saturated carbocycles. The van der Waals surface area contributed by atoms with E-state index in [0.717, 1.165) is 20.0 Å². The molecule has 1 fully saturated rings. The smallest absolute Gasteiger partial charge is 0.356 e. The average Bonchev–Trinajstić information content (AvgIpc) is 2.38. The van der Waals surface area contributed by atoms with Crippen LogP contribution in [0.3, 0.4) is 0 Å². The van der Waals surface area contributed by atoms with Gasteiger partial charge in [-0.2, -0.15) is 13.2 Å². The summed E-state index contributed by atoms with van der Waals surface area (Å²) in [6.07, 6.45) is 0.246. The molecular formula is C14H25F3N4O. The number of alkyl halides is 3. The fraction of sp³-hybridized carbons (Fsp3) is 0.857. The van der Waals surface area contributed by atoms with E-state index in [4.69, 9.17) is 0 Å². The van der Waals surface area contributed by atoms with Gasteiger partial charge in [0.2, 0.25) is 5.91 Å². The van der Waals surface area contributed by atoms with Gasteiger partial charge in [-0.1, -0.05) is 13.3 Å². The van der Waals surface area contributed by atoms with E-state index in [-0.39, 0.29) is 12.0 Å². The Morgan fingerprint density at radius 2 is 1.95 bits per heavy atom. The summed E-state index contributed by atoms with van der Waals surface area (Å²) in [4.78, 5) is 16.3. The number of nitrogens with one attached hydrogen (secondary N) is 2. The number of carbonyl (C=O) groups excluding carboxylic acids is 1. The number of hydrogen-bond donors (Lipinski definition) is 2. The molecule has 1 rings (SSSR count). The predicted molar refractivity (Wildman–Crippen MR) is 79.6 cm³/mol. The van der Waals surface area contributed by atoms with Crippen LogP contribution in [-0.4, -0.2) is 56.7 Å². The van der Waals surface area contributed by atoms with Crippen LogP contribution in [0.5, 0.6) is 0 Å². The van der Waals surface area contributed by atoms with E-state index in [2.05, 4.69) is 22.5 Å². The van der Waals surface area contributed by atoms with Gasteiger partial charge in [-0.25, -0.2) is 0 Å². The Hall–Kier alpha value is -1.47. The van der Waals surface area contributed by atoms with E-state index in [1.54, 1.807) is 7.05 Å². The normalized spacial score (nSPS) is 17.6. The Bertz CT molecular complexity index is 400. The van der Waals surface area contributed by atoms with E-state index in [1.165, 1.54) is 19.3 Å². The Labute approximate surface area is 129 Å². The van der Waals surface area contributed by atoms with Crippen molar-refractivity contribution < 1.29 is 18.0 Å². The van der Waals surface area contributed by atoms with Crippen molar-refractivity contribution in [3.05, 3.63) is 0 Å². The topological polar surface area (TPSA) is 56.7 Å². The first-order valence-corrected chi connectivity index (χ1v) is 7.46. The molecule has 0 aromatic rings. The molecule has 5 nitrogen and oxygen atoms in total. The number of nitrogens with zero attached hydrogens (tertiary/aromatic N) is 2. The van der Waals surface area contributed by atoms with Gasteiger partial charge >= 0.3 is 6.18 Å². The zero-order chi connectivity index (χ0) is 16.8. The number of hydrogen-bond acceptors (Lipinski definition) is 2. The lowest BCUT2D eigenvalue weighted by Gasteiger charge is -2.41. The number of carbonyl (C=O) groups is 1. The van der Waals surface area contributed by atoms with Crippen LogP contribution in [0.25, 0.3) is 0 Å². The van der Waals surface area contributed by atoms with Gasteiger partial charge < -0.3 is 15.5 Å². The summed E-state index contributed by atoms with van der Waals surface area (Å²) in [7, 11) is 2.70. The maximum atomic E-state index is 12.2. The summed E-state index contributed by atoms with van der Waals surface area (Å²) in [6, 6.07) is 0. The van der Waals surface area contributed by atoms with Gasteiger partial charge in [0.15, 0.2) is 5.96 Å². The summed E-state index contributed by atoms with van der Waals surface area (Å²) in [5.74, 6) is -0.192. The van der Waals surface area contributed by atoms with Gasteiger partial charge in [0.05, 0.1) is 6.54 Å². The van der Waals surface area contributed by atoms with Gasteiger partial charge in [0.1, 0.15) is 6.54 Å². The van der Waals surface area contributed by atoms with Gasteiger partial charge in [0, 0.05) is 20.6 Å². The second-order valence-corrected chi connectivity index (χ2v) is 5.85. The van der Waals surface area contributed by atoms with Crippen molar-refractivity contribution in [1.29, 1.82) is 0 Å². The third-order valence-corrected chi connectivity index (χ3v) is 4.27. The molecule has 128 valence electrons. The Balaban J connectivity index is 2.36. The van der Waals surface area contributed by atoms with Crippen LogP contribution in [0.15, 0.2) is 4.99 Å². The number of guanidine groups is 1. The molecule has 22 heavy (non-hydrogen) atoms. The molecule has 0 saturated heterocycles. The lowest BCUT2D eigenvalue weighted by atomic mass is 9.67. The van der Waals surface area contributed by atoms with Crippen molar-refractivity contribution in [2.24, 2.45) is 10.4 Å². The van der Waals surface area contributed by atoms with Gasteiger partial charge in [0.25, 0.3) is 0 Å². The summed E-state index contributed by atoms with van der Waals surface area (Å²) in [5.41, 5.74) is 0.286. The molecule has 0 aromatic heterocycles. The van der Waals surface area contributed by atoms with Crippen molar-refractivity contribution >= 4 is 11.9 Å². The van der Waals surface area contributed by atoms with E-state index in [9.17, 15) is 18.0 Å². The first-order chi connectivity index (χ1) is 10.2. The molecule has 8 heteroatoms. The van der Waals surface area contributed by atoms with Crippen LogP contribution in [0.1, 0.15) is 32.6 Å². The zero-order valence-electron chi connectivity index (χ0n) is 13.4. The number of amides is 1. The number of likely N-dealkylation sites (N-methyl/N-ethyl adjacent to an activating group) is 1. The standard InChI is InChI=1S/C14H25F3N4O/c1-4-13(6-5-7-13)9-20-12(18-2)19-8-11(22)21(3)10-14(15,16)17/h4-10H2,1-3H3,(H2,18,19,20). The van der Waals surface area contributed by atoms with Crippen molar-refractivity contribution in [3.63, 3.8) is 0 Å². The number of aliphatic imine (C=N–C) groups is 1. The maximum Gasteiger partial charge on any atom is 0.406 e. The summed E-state index contributed by atoms with van der Waals surface area (Å²) in [6.45, 7) is 1.44. The third-order valence-electron chi connectivity index (χ3n) is 4.27. The minimum absolute atomic E-state index is 0.217. The van der Waals surface area contributed by atoms with Crippen LogP contribution < -0.4 is 10.6 Å². The SMILES string of the molecule is CCC1(CNC(=NC)NCC(=O)N(C)CC(F)(F)F)CCC1. The van der Waals surface area contributed by atoms with Crippen molar-refractivity contribution in [2.45, 2.75) is 38.8 Å². The largest absolute Gasteiger partial charge is 0.406 e.